The summed E-state index contributed by atoms with van der Waals surface area (Å²) in [7, 11) is -0.355. The van der Waals surface area contributed by atoms with Crippen LogP contribution in [0.2, 0.25) is 0 Å². The summed E-state index contributed by atoms with van der Waals surface area (Å²) in [4.78, 5) is 0. The molecule has 1 aliphatic rings. The van der Waals surface area contributed by atoms with Gasteiger partial charge in [-0.3, -0.25) is 4.68 Å². The van der Waals surface area contributed by atoms with Crippen molar-refractivity contribution < 1.29 is 9.31 Å². The Labute approximate surface area is 121 Å². The minimum atomic E-state index is -0.355. The number of allylic oxidation sites excluding steroid dienone is 3. The molecule has 0 unspecified atom stereocenters. The average Bonchev–Trinajstić information content (AvgIpc) is 2.90. The van der Waals surface area contributed by atoms with Crippen molar-refractivity contribution >= 4 is 12.6 Å². The summed E-state index contributed by atoms with van der Waals surface area (Å²) in [6.45, 7) is 14.7. The molecule has 0 saturated carbocycles. The normalized spacial score (nSPS) is 21.2. The first-order valence-electron chi connectivity index (χ1n) is 6.94. The van der Waals surface area contributed by atoms with Gasteiger partial charge >= 0.3 is 7.12 Å². The standard InChI is InChI=1S/C15H23BN2O2/c1-7-12(8-2)10-18-11-13(9-17-18)16-19-14(3,4)15(5,6)20-16/h7-9,11H,1,10H2,2-6H3. The first-order chi connectivity index (χ1) is 9.29. The van der Waals surface area contributed by atoms with Crippen LogP contribution in [0, 0.1) is 0 Å². The molecule has 2 rings (SSSR count). The van der Waals surface area contributed by atoms with Crippen LogP contribution < -0.4 is 5.46 Å². The Kier molecular flexibility index (Phi) is 3.94. The molecule has 108 valence electrons. The fraction of sp³-hybridized carbons (Fsp3) is 0.533. The predicted octanol–water partition coefficient (Wildman–Crippen LogP) is 2.31. The van der Waals surface area contributed by atoms with Crippen LogP contribution in [0.15, 0.2) is 36.7 Å². The lowest BCUT2D eigenvalue weighted by molar-refractivity contribution is 0.00578. The van der Waals surface area contributed by atoms with E-state index in [-0.39, 0.29) is 18.3 Å². The summed E-state index contributed by atoms with van der Waals surface area (Å²) >= 11 is 0. The van der Waals surface area contributed by atoms with E-state index >= 15 is 0 Å². The first-order valence-corrected chi connectivity index (χ1v) is 6.94. The summed E-state index contributed by atoms with van der Waals surface area (Å²) in [6.07, 6.45) is 7.65. The molecule has 0 aromatic carbocycles. The minimum absolute atomic E-state index is 0.324. The van der Waals surface area contributed by atoms with Crippen LogP contribution in [-0.4, -0.2) is 28.1 Å². The molecular weight excluding hydrogens is 251 g/mol. The Morgan fingerprint density at radius 3 is 2.45 bits per heavy atom. The summed E-state index contributed by atoms with van der Waals surface area (Å²) < 4.78 is 13.9. The molecular formula is C15H23BN2O2. The molecule has 2 heterocycles. The Morgan fingerprint density at radius 1 is 1.35 bits per heavy atom. The topological polar surface area (TPSA) is 36.3 Å². The summed E-state index contributed by atoms with van der Waals surface area (Å²) in [5.74, 6) is 0. The van der Waals surface area contributed by atoms with Crippen molar-refractivity contribution in [1.29, 1.82) is 0 Å². The molecule has 4 nitrogen and oxygen atoms in total. The van der Waals surface area contributed by atoms with E-state index < -0.39 is 0 Å². The molecule has 0 bridgehead atoms. The van der Waals surface area contributed by atoms with Gasteiger partial charge in [-0.05, 0) is 40.2 Å². The Morgan fingerprint density at radius 2 is 1.95 bits per heavy atom. The smallest absolute Gasteiger partial charge is 0.399 e. The van der Waals surface area contributed by atoms with Crippen molar-refractivity contribution in [3.63, 3.8) is 0 Å². The zero-order valence-electron chi connectivity index (χ0n) is 13.0. The first kappa shape index (κ1) is 15.1. The Hall–Kier alpha value is -1.33. The maximum atomic E-state index is 6.01. The lowest BCUT2D eigenvalue weighted by Gasteiger charge is -2.32. The van der Waals surface area contributed by atoms with E-state index in [4.69, 9.17) is 9.31 Å². The summed E-state index contributed by atoms with van der Waals surface area (Å²) in [5, 5.41) is 4.36. The largest absolute Gasteiger partial charge is 0.498 e. The number of aromatic nitrogens is 2. The van der Waals surface area contributed by atoms with Gasteiger partial charge in [-0.15, -0.1) is 0 Å². The minimum Gasteiger partial charge on any atom is -0.399 e. The van der Waals surface area contributed by atoms with Gasteiger partial charge in [0.05, 0.1) is 17.7 Å². The van der Waals surface area contributed by atoms with Crippen LogP contribution in [-0.2, 0) is 15.9 Å². The van der Waals surface area contributed by atoms with Crippen molar-refractivity contribution in [3.8, 4) is 0 Å². The quantitative estimate of drug-likeness (QED) is 0.624. The Balaban J connectivity index is 2.13. The van der Waals surface area contributed by atoms with Crippen LogP contribution in [0.4, 0.5) is 0 Å². The van der Waals surface area contributed by atoms with Gasteiger partial charge in [0.2, 0.25) is 0 Å². The monoisotopic (exact) mass is 274 g/mol. The number of hydrogen-bond donors (Lipinski definition) is 0. The summed E-state index contributed by atoms with van der Waals surface area (Å²) in [6, 6.07) is 0. The number of hydrogen-bond acceptors (Lipinski definition) is 3. The molecule has 0 N–H and O–H groups in total. The van der Waals surface area contributed by atoms with Gasteiger partial charge in [0, 0.05) is 17.9 Å². The van der Waals surface area contributed by atoms with Crippen LogP contribution >= 0.6 is 0 Å². The molecule has 1 aromatic rings. The number of nitrogens with zero attached hydrogens (tertiary/aromatic N) is 2. The molecule has 20 heavy (non-hydrogen) atoms. The van der Waals surface area contributed by atoms with Crippen molar-refractivity contribution in [2.75, 3.05) is 0 Å². The van der Waals surface area contributed by atoms with Crippen molar-refractivity contribution in [2.45, 2.75) is 52.4 Å². The molecule has 1 aliphatic heterocycles. The highest BCUT2D eigenvalue weighted by atomic mass is 16.7. The molecule has 1 aromatic heterocycles. The zero-order valence-corrected chi connectivity index (χ0v) is 13.0. The molecule has 0 spiro atoms. The lowest BCUT2D eigenvalue weighted by atomic mass is 9.82. The second-order valence-electron chi connectivity index (χ2n) is 6.13. The van der Waals surface area contributed by atoms with E-state index in [0.29, 0.717) is 6.54 Å². The van der Waals surface area contributed by atoms with Gasteiger partial charge in [-0.25, -0.2) is 0 Å². The number of rotatable bonds is 4. The average molecular weight is 274 g/mol. The maximum Gasteiger partial charge on any atom is 0.498 e. The van der Waals surface area contributed by atoms with E-state index in [1.54, 1.807) is 6.20 Å². The highest BCUT2D eigenvalue weighted by molar-refractivity contribution is 6.61. The van der Waals surface area contributed by atoms with Gasteiger partial charge in [0.1, 0.15) is 0 Å². The molecule has 0 amide bonds. The fourth-order valence-corrected chi connectivity index (χ4v) is 2.03. The van der Waals surface area contributed by atoms with E-state index in [9.17, 15) is 0 Å². The fourth-order valence-electron chi connectivity index (χ4n) is 2.03. The highest BCUT2D eigenvalue weighted by Crippen LogP contribution is 2.36. The Bertz CT molecular complexity index is 516. The van der Waals surface area contributed by atoms with E-state index in [1.807, 2.05) is 57.6 Å². The van der Waals surface area contributed by atoms with Crippen LogP contribution in [0.5, 0.6) is 0 Å². The molecule has 1 fully saturated rings. The van der Waals surface area contributed by atoms with Crippen molar-refractivity contribution in [2.24, 2.45) is 0 Å². The second kappa shape index (κ2) is 5.22. The van der Waals surface area contributed by atoms with E-state index in [0.717, 1.165) is 11.0 Å². The lowest BCUT2D eigenvalue weighted by Crippen LogP contribution is -2.41. The van der Waals surface area contributed by atoms with Crippen LogP contribution in [0.3, 0.4) is 0 Å². The SMILES string of the molecule is C=CC(=CC)Cn1cc(B2OC(C)(C)C(C)(C)O2)cn1. The highest BCUT2D eigenvalue weighted by Gasteiger charge is 2.52. The van der Waals surface area contributed by atoms with Crippen LogP contribution in [0.25, 0.3) is 0 Å². The molecule has 5 heteroatoms. The van der Waals surface area contributed by atoms with E-state index in [2.05, 4.69) is 11.7 Å². The maximum absolute atomic E-state index is 6.01. The van der Waals surface area contributed by atoms with Crippen LogP contribution in [0.1, 0.15) is 34.6 Å². The third-order valence-electron chi connectivity index (χ3n) is 4.16. The van der Waals surface area contributed by atoms with Gasteiger partial charge in [-0.2, -0.15) is 5.10 Å². The van der Waals surface area contributed by atoms with Crippen molar-refractivity contribution in [1.82, 2.24) is 9.78 Å². The molecule has 0 aliphatic carbocycles. The second-order valence-corrected chi connectivity index (χ2v) is 6.13. The zero-order chi connectivity index (χ0) is 15.0. The third-order valence-corrected chi connectivity index (χ3v) is 4.16. The molecule has 1 saturated heterocycles. The third kappa shape index (κ3) is 2.74. The molecule has 0 atom stereocenters. The molecule has 0 radical (unpaired) electrons. The summed E-state index contributed by atoms with van der Waals surface area (Å²) in [5.41, 5.74) is 1.43. The van der Waals surface area contributed by atoms with Crippen molar-refractivity contribution in [3.05, 3.63) is 36.7 Å². The van der Waals surface area contributed by atoms with E-state index in [1.165, 1.54) is 0 Å². The van der Waals surface area contributed by atoms with Gasteiger partial charge < -0.3 is 9.31 Å². The van der Waals surface area contributed by atoms with Gasteiger partial charge in [0.15, 0.2) is 0 Å². The van der Waals surface area contributed by atoms with Gasteiger partial charge in [-0.1, -0.05) is 18.7 Å². The predicted molar refractivity (Wildman–Crippen MR) is 81.9 cm³/mol. The van der Waals surface area contributed by atoms with Gasteiger partial charge in [0.25, 0.3) is 0 Å².